The maximum atomic E-state index is 12.5. The van der Waals surface area contributed by atoms with Crippen LogP contribution in [0.5, 0.6) is 0 Å². The maximum absolute atomic E-state index is 12.5. The standard InChI is InChI=1S/C19H29N3O2.ClH/c1-2-6-17(19(24)21-16-11-9-15(20)10-12-16)22-18(23)13-14-7-4-3-5-8-14;/h3-5,7-8,15-17H,2,6,9-13,20H2,1H3,(H,21,24)(H,22,23);1H. The number of carbonyl (C=O) groups is 2. The van der Waals surface area contributed by atoms with Gasteiger partial charge in [-0.15, -0.1) is 12.4 Å². The monoisotopic (exact) mass is 367 g/mol. The van der Waals surface area contributed by atoms with Gasteiger partial charge in [-0.05, 0) is 37.7 Å². The normalized spacial score (nSPS) is 20.9. The second kappa shape index (κ2) is 11.1. The minimum absolute atomic E-state index is 0. The predicted octanol–water partition coefficient (Wildman–Crippen LogP) is 2.32. The fourth-order valence-corrected chi connectivity index (χ4v) is 3.15. The van der Waals surface area contributed by atoms with E-state index in [1.165, 1.54) is 0 Å². The Bertz CT molecular complexity index is 531. The Hall–Kier alpha value is -1.59. The Morgan fingerprint density at radius 1 is 1.16 bits per heavy atom. The molecule has 4 N–H and O–H groups in total. The van der Waals surface area contributed by atoms with Gasteiger partial charge in [0.1, 0.15) is 6.04 Å². The molecule has 5 nitrogen and oxygen atoms in total. The summed E-state index contributed by atoms with van der Waals surface area (Å²) in [6.07, 6.45) is 5.53. The van der Waals surface area contributed by atoms with E-state index in [4.69, 9.17) is 5.73 Å². The van der Waals surface area contributed by atoms with Gasteiger partial charge in [0.15, 0.2) is 0 Å². The molecule has 140 valence electrons. The molecule has 1 atom stereocenters. The Morgan fingerprint density at radius 3 is 2.40 bits per heavy atom. The van der Waals surface area contributed by atoms with Crippen molar-refractivity contribution in [2.24, 2.45) is 5.73 Å². The number of carbonyl (C=O) groups excluding carboxylic acids is 2. The zero-order valence-electron chi connectivity index (χ0n) is 14.9. The van der Waals surface area contributed by atoms with E-state index in [0.29, 0.717) is 12.8 Å². The first-order chi connectivity index (χ1) is 11.6. The van der Waals surface area contributed by atoms with E-state index < -0.39 is 6.04 Å². The molecule has 25 heavy (non-hydrogen) atoms. The van der Waals surface area contributed by atoms with Gasteiger partial charge >= 0.3 is 0 Å². The van der Waals surface area contributed by atoms with Crippen LogP contribution in [0.25, 0.3) is 0 Å². The quantitative estimate of drug-likeness (QED) is 0.691. The molecule has 0 bridgehead atoms. The molecule has 2 amide bonds. The van der Waals surface area contributed by atoms with Crippen LogP contribution in [-0.4, -0.2) is 29.9 Å². The van der Waals surface area contributed by atoms with Gasteiger partial charge in [-0.3, -0.25) is 9.59 Å². The molecule has 1 aliphatic rings. The van der Waals surface area contributed by atoms with Gasteiger partial charge in [0.2, 0.25) is 11.8 Å². The summed E-state index contributed by atoms with van der Waals surface area (Å²) in [6.45, 7) is 2.02. The molecule has 0 saturated heterocycles. The fourth-order valence-electron chi connectivity index (χ4n) is 3.15. The van der Waals surface area contributed by atoms with Crippen LogP contribution in [0, 0.1) is 0 Å². The molecular weight excluding hydrogens is 338 g/mol. The first-order valence-electron chi connectivity index (χ1n) is 8.97. The molecule has 1 unspecified atom stereocenters. The highest BCUT2D eigenvalue weighted by Crippen LogP contribution is 2.17. The number of rotatable bonds is 7. The second-order valence-electron chi connectivity index (χ2n) is 6.69. The number of halogens is 1. The lowest BCUT2D eigenvalue weighted by Gasteiger charge is -2.28. The SMILES string of the molecule is CCCC(NC(=O)Cc1ccccc1)C(=O)NC1CCC(N)CC1.Cl. The maximum Gasteiger partial charge on any atom is 0.242 e. The van der Waals surface area contributed by atoms with Crippen LogP contribution in [0.1, 0.15) is 51.0 Å². The highest BCUT2D eigenvalue weighted by atomic mass is 35.5. The highest BCUT2D eigenvalue weighted by Gasteiger charge is 2.25. The van der Waals surface area contributed by atoms with Gasteiger partial charge in [-0.2, -0.15) is 0 Å². The Morgan fingerprint density at radius 2 is 1.80 bits per heavy atom. The zero-order chi connectivity index (χ0) is 17.4. The minimum Gasteiger partial charge on any atom is -0.352 e. The van der Waals surface area contributed by atoms with Crippen molar-refractivity contribution in [3.05, 3.63) is 35.9 Å². The summed E-state index contributed by atoms with van der Waals surface area (Å²) in [5, 5.41) is 5.97. The Labute approximate surface area is 156 Å². The summed E-state index contributed by atoms with van der Waals surface area (Å²) < 4.78 is 0. The van der Waals surface area contributed by atoms with Crippen LogP contribution in [0.2, 0.25) is 0 Å². The van der Waals surface area contributed by atoms with Gasteiger partial charge < -0.3 is 16.4 Å². The van der Waals surface area contributed by atoms with Crippen molar-refractivity contribution in [3.63, 3.8) is 0 Å². The van der Waals surface area contributed by atoms with E-state index in [2.05, 4.69) is 10.6 Å². The fraction of sp³-hybridized carbons (Fsp3) is 0.579. The molecule has 0 radical (unpaired) electrons. The Balaban J connectivity index is 0.00000312. The summed E-state index contributed by atoms with van der Waals surface area (Å²) in [5.41, 5.74) is 6.86. The molecule has 1 aromatic rings. The summed E-state index contributed by atoms with van der Waals surface area (Å²) in [6, 6.07) is 9.56. The molecule has 0 aliphatic heterocycles. The molecule has 6 heteroatoms. The van der Waals surface area contributed by atoms with Crippen molar-refractivity contribution < 1.29 is 9.59 Å². The number of benzene rings is 1. The van der Waals surface area contributed by atoms with Crippen LogP contribution in [0.3, 0.4) is 0 Å². The average Bonchev–Trinajstić information content (AvgIpc) is 2.57. The molecule has 1 fully saturated rings. The van der Waals surface area contributed by atoms with Crippen LogP contribution < -0.4 is 16.4 Å². The number of nitrogens with two attached hydrogens (primary N) is 1. The molecular formula is C19H30ClN3O2. The average molecular weight is 368 g/mol. The summed E-state index contributed by atoms with van der Waals surface area (Å²) >= 11 is 0. The first kappa shape index (κ1) is 21.5. The third-order valence-electron chi connectivity index (χ3n) is 4.55. The van der Waals surface area contributed by atoms with Gasteiger partial charge in [-0.25, -0.2) is 0 Å². The molecule has 0 aromatic heterocycles. The lowest BCUT2D eigenvalue weighted by Crippen LogP contribution is -2.51. The molecule has 1 aliphatic carbocycles. The topological polar surface area (TPSA) is 84.2 Å². The van der Waals surface area contributed by atoms with Crippen molar-refractivity contribution in [3.8, 4) is 0 Å². The number of hydrogen-bond donors (Lipinski definition) is 3. The number of nitrogens with one attached hydrogen (secondary N) is 2. The number of hydrogen-bond acceptors (Lipinski definition) is 3. The van der Waals surface area contributed by atoms with Gasteiger partial charge in [0.25, 0.3) is 0 Å². The lowest BCUT2D eigenvalue weighted by atomic mass is 9.91. The predicted molar refractivity (Wildman–Crippen MR) is 103 cm³/mol. The van der Waals surface area contributed by atoms with Gasteiger partial charge in [0.05, 0.1) is 6.42 Å². The second-order valence-corrected chi connectivity index (χ2v) is 6.69. The van der Waals surface area contributed by atoms with E-state index in [9.17, 15) is 9.59 Å². The molecule has 0 heterocycles. The van der Waals surface area contributed by atoms with Crippen LogP contribution in [0.15, 0.2) is 30.3 Å². The lowest BCUT2D eigenvalue weighted by molar-refractivity contribution is -0.129. The van der Waals surface area contributed by atoms with E-state index in [1.807, 2.05) is 37.3 Å². The summed E-state index contributed by atoms with van der Waals surface area (Å²) in [4.78, 5) is 24.7. The summed E-state index contributed by atoms with van der Waals surface area (Å²) in [7, 11) is 0. The Kier molecular flexibility index (Phi) is 9.53. The first-order valence-corrected chi connectivity index (χ1v) is 8.97. The van der Waals surface area contributed by atoms with Crippen molar-refractivity contribution >= 4 is 24.2 Å². The molecule has 0 spiro atoms. The van der Waals surface area contributed by atoms with Crippen molar-refractivity contribution in [2.75, 3.05) is 0 Å². The van der Waals surface area contributed by atoms with E-state index >= 15 is 0 Å². The third-order valence-corrected chi connectivity index (χ3v) is 4.55. The van der Waals surface area contributed by atoms with Crippen molar-refractivity contribution in [2.45, 2.75) is 70.0 Å². The molecule has 2 rings (SSSR count). The van der Waals surface area contributed by atoms with E-state index in [1.54, 1.807) is 0 Å². The third kappa shape index (κ3) is 7.45. The van der Waals surface area contributed by atoms with Gasteiger partial charge in [-0.1, -0.05) is 43.7 Å². The largest absolute Gasteiger partial charge is 0.352 e. The zero-order valence-corrected chi connectivity index (χ0v) is 15.7. The van der Waals surface area contributed by atoms with Crippen molar-refractivity contribution in [1.82, 2.24) is 10.6 Å². The van der Waals surface area contributed by atoms with Crippen LogP contribution in [0.4, 0.5) is 0 Å². The molecule has 1 aromatic carbocycles. The van der Waals surface area contributed by atoms with Crippen LogP contribution in [-0.2, 0) is 16.0 Å². The minimum atomic E-state index is -0.457. The van der Waals surface area contributed by atoms with Crippen LogP contribution >= 0.6 is 12.4 Å². The van der Waals surface area contributed by atoms with Crippen molar-refractivity contribution in [1.29, 1.82) is 0 Å². The number of amides is 2. The molecule has 1 saturated carbocycles. The summed E-state index contributed by atoms with van der Waals surface area (Å²) in [5.74, 6) is -0.181. The van der Waals surface area contributed by atoms with Gasteiger partial charge in [0, 0.05) is 12.1 Å². The highest BCUT2D eigenvalue weighted by molar-refractivity contribution is 5.88. The smallest absolute Gasteiger partial charge is 0.242 e. The van der Waals surface area contributed by atoms with E-state index in [-0.39, 0.29) is 36.3 Å². The van der Waals surface area contributed by atoms with E-state index in [0.717, 1.165) is 37.7 Å².